The van der Waals surface area contributed by atoms with Crippen LogP contribution >= 0.6 is 11.3 Å². The van der Waals surface area contributed by atoms with Crippen LogP contribution in [0.25, 0.3) is 21.1 Å². The number of benzene rings is 1. The lowest BCUT2D eigenvalue weighted by atomic mass is 10.2. The highest BCUT2D eigenvalue weighted by Crippen LogP contribution is 2.27. The lowest BCUT2D eigenvalue weighted by Gasteiger charge is -2.15. The molecule has 0 radical (unpaired) electrons. The Labute approximate surface area is 180 Å². The second-order valence-corrected chi connectivity index (χ2v) is 8.17. The topological polar surface area (TPSA) is 121 Å². The lowest BCUT2D eigenvalue weighted by Crippen LogP contribution is -2.24. The minimum atomic E-state index is -0.451. The van der Waals surface area contributed by atoms with Gasteiger partial charge in [0.15, 0.2) is 0 Å². The number of hydrogen-bond acceptors (Lipinski definition) is 8. The van der Waals surface area contributed by atoms with Gasteiger partial charge in [0.2, 0.25) is 0 Å². The van der Waals surface area contributed by atoms with Crippen molar-refractivity contribution >= 4 is 38.4 Å². The molecule has 2 N–H and O–H groups in total. The molecular formula is C21H21N5O4S. The molecule has 9 nitrogen and oxygen atoms in total. The van der Waals surface area contributed by atoms with Crippen LogP contribution in [-0.2, 0) is 17.8 Å². The molecule has 0 saturated carbocycles. The molecule has 0 aliphatic carbocycles. The average molecular weight is 439 g/mol. The standard InChI is InChI=1S/C21H21N5O4S/c1-4-30-21(29)17-11(2)16-19(28)24-15(25-20(16)31-17)10-26(3)9-14-22-13-8-6-5-7-12(13)18(27)23-14/h5-8H,4,9-10H2,1-3H3,(H,22,23,27)(H,24,25,28). The van der Waals surface area contributed by atoms with E-state index in [0.717, 1.165) is 11.3 Å². The van der Waals surface area contributed by atoms with Gasteiger partial charge in [-0.3, -0.25) is 14.5 Å². The Morgan fingerprint density at radius 2 is 1.77 bits per heavy atom. The monoisotopic (exact) mass is 439 g/mol. The largest absolute Gasteiger partial charge is 0.462 e. The average Bonchev–Trinajstić information content (AvgIpc) is 3.05. The number of aromatic amines is 2. The molecule has 4 rings (SSSR count). The molecule has 4 aromatic rings. The van der Waals surface area contributed by atoms with Crippen molar-refractivity contribution in [1.29, 1.82) is 0 Å². The SMILES string of the molecule is CCOC(=O)c1sc2nc(CN(C)Cc3nc4ccccc4c(=O)[nH]3)[nH]c(=O)c2c1C. The quantitative estimate of drug-likeness (QED) is 0.442. The fourth-order valence-electron chi connectivity index (χ4n) is 3.43. The molecule has 0 bridgehead atoms. The first-order chi connectivity index (χ1) is 14.9. The van der Waals surface area contributed by atoms with Crippen LogP contribution in [0.5, 0.6) is 0 Å². The van der Waals surface area contributed by atoms with Gasteiger partial charge in [-0.05, 0) is 38.6 Å². The van der Waals surface area contributed by atoms with Crippen molar-refractivity contribution < 1.29 is 9.53 Å². The van der Waals surface area contributed by atoms with Gasteiger partial charge in [-0.1, -0.05) is 12.1 Å². The van der Waals surface area contributed by atoms with Crippen LogP contribution in [0, 0.1) is 6.92 Å². The number of hydrogen-bond donors (Lipinski definition) is 2. The van der Waals surface area contributed by atoms with E-state index >= 15 is 0 Å². The van der Waals surface area contributed by atoms with Crippen LogP contribution in [0.1, 0.15) is 33.8 Å². The van der Waals surface area contributed by atoms with E-state index in [1.165, 1.54) is 0 Å². The molecule has 3 aromatic heterocycles. The fourth-order valence-corrected chi connectivity index (χ4v) is 4.53. The third-order valence-corrected chi connectivity index (χ3v) is 5.98. The number of ether oxygens (including phenoxy) is 1. The van der Waals surface area contributed by atoms with E-state index in [0.29, 0.717) is 56.3 Å². The number of carbonyl (C=O) groups is 1. The van der Waals surface area contributed by atoms with Crippen LogP contribution in [0.2, 0.25) is 0 Å². The second kappa shape index (κ2) is 8.40. The van der Waals surface area contributed by atoms with Gasteiger partial charge in [0.1, 0.15) is 21.4 Å². The number of H-pyrrole nitrogens is 2. The summed E-state index contributed by atoms with van der Waals surface area (Å²) >= 11 is 1.15. The van der Waals surface area contributed by atoms with Crippen LogP contribution in [0.4, 0.5) is 0 Å². The number of fused-ring (bicyclic) bond motifs is 2. The van der Waals surface area contributed by atoms with Gasteiger partial charge in [0.25, 0.3) is 11.1 Å². The first-order valence-electron chi connectivity index (χ1n) is 9.73. The highest BCUT2D eigenvalue weighted by molar-refractivity contribution is 7.20. The molecule has 0 atom stereocenters. The molecule has 0 spiro atoms. The maximum absolute atomic E-state index is 12.6. The smallest absolute Gasteiger partial charge is 0.348 e. The van der Waals surface area contributed by atoms with Gasteiger partial charge in [0, 0.05) is 0 Å². The number of carbonyl (C=O) groups excluding carboxylic acids is 1. The van der Waals surface area contributed by atoms with Gasteiger partial charge in [-0.15, -0.1) is 11.3 Å². The number of nitrogens with zero attached hydrogens (tertiary/aromatic N) is 3. The lowest BCUT2D eigenvalue weighted by molar-refractivity contribution is 0.0531. The number of aryl methyl sites for hydroxylation is 1. The van der Waals surface area contributed by atoms with Gasteiger partial charge in [0.05, 0.1) is 36.0 Å². The van der Waals surface area contributed by atoms with Crippen LogP contribution in [0.3, 0.4) is 0 Å². The van der Waals surface area contributed by atoms with E-state index in [-0.39, 0.29) is 17.7 Å². The van der Waals surface area contributed by atoms with Crippen molar-refractivity contribution in [1.82, 2.24) is 24.8 Å². The third-order valence-electron chi connectivity index (χ3n) is 4.81. The molecule has 3 heterocycles. The molecular weight excluding hydrogens is 418 g/mol. The number of rotatable bonds is 6. The number of aromatic nitrogens is 4. The van der Waals surface area contributed by atoms with Gasteiger partial charge in [-0.2, -0.15) is 0 Å². The van der Waals surface area contributed by atoms with Gasteiger partial charge in [-0.25, -0.2) is 14.8 Å². The second-order valence-electron chi connectivity index (χ2n) is 7.17. The highest BCUT2D eigenvalue weighted by Gasteiger charge is 2.20. The van der Waals surface area contributed by atoms with E-state index < -0.39 is 5.97 Å². The summed E-state index contributed by atoms with van der Waals surface area (Å²) in [6, 6.07) is 7.15. The summed E-state index contributed by atoms with van der Waals surface area (Å²) in [7, 11) is 1.84. The minimum Gasteiger partial charge on any atom is -0.462 e. The Morgan fingerprint density at radius 3 is 2.52 bits per heavy atom. The molecule has 31 heavy (non-hydrogen) atoms. The van der Waals surface area contributed by atoms with Crippen LogP contribution in [0.15, 0.2) is 33.9 Å². The van der Waals surface area contributed by atoms with Gasteiger partial charge < -0.3 is 14.7 Å². The summed E-state index contributed by atoms with van der Waals surface area (Å²) in [6.07, 6.45) is 0. The zero-order valence-electron chi connectivity index (χ0n) is 17.3. The fraction of sp³-hybridized carbons (Fsp3) is 0.286. The summed E-state index contributed by atoms with van der Waals surface area (Å²) < 4.78 is 5.07. The Bertz CT molecular complexity index is 1400. The Morgan fingerprint density at radius 1 is 1.10 bits per heavy atom. The maximum atomic E-state index is 12.6. The van der Waals surface area contributed by atoms with Gasteiger partial charge >= 0.3 is 5.97 Å². The summed E-state index contributed by atoms with van der Waals surface area (Å²) in [5, 5.41) is 0.941. The zero-order valence-corrected chi connectivity index (χ0v) is 18.1. The molecule has 160 valence electrons. The Balaban J connectivity index is 1.59. The summed E-state index contributed by atoms with van der Waals surface area (Å²) in [5.74, 6) is 0.526. The first-order valence-corrected chi connectivity index (χ1v) is 10.5. The predicted octanol–water partition coefficient (Wildman–Crippen LogP) is 2.34. The predicted molar refractivity (Wildman–Crippen MR) is 118 cm³/mol. The molecule has 10 heteroatoms. The molecule has 0 aliphatic heterocycles. The summed E-state index contributed by atoms with van der Waals surface area (Å²) in [5.41, 5.74) is 0.714. The van der Waals surface area contributed by atoms with Crippen molar-refractivity contribution in [2.45, 2.75) is 26.9 Å². The van der Waals surface area contributed by atoms with Crippen molar-refractivity contribution in [3.63, 3.8) is 0 Å². The molecule has 0 amide bonds. The maximum Gasteiger partial charge on any atom is 0.348 e. The zero-order chi connectivity index (χ0) is 22.1. The Hall–Kier alpha value is -3.37. The first kappa shape index (κ1) is 20.9. The normalized spacial score (nSPS) is 11.5. The number of nitrogens with one attached hydrogen (secondary N) is 2. The molecule has 0 aliphatic rings. The molecule has 0 saturated heterocycles. The molecule has 1 aromatic carbocycles. The van der Waals surface area contributed by atoms with Crippen molar-refractivity contribution in [2.75, 3.05) is 13.7 Å². The summed E-state index contributed by atoms with van der Waals surface area (Å²) in [6.45, 7) is 4.40. The third kappa shape index (κ3) is 4.12. The summed E-state index contributed by atoms with van der Waals surface area (Å²) in [4.78, 5) is 54.4. The van der Waals surface area contributed by atoms with Crippen LogP contribution in [-0.4, -0.2) is 44.5 Å². The van der Waals surface area contributed by atoms with Crippen molar-refractivity contribution in [2.24, 2.45) is 0 Å². The number of para-hydroxylation sites is 1. The van der Waals surface area contributed by atoms with Crippen molar-refractivity contribution in [3.05, 3.63) is 67.1 Å². The Kier molecular flexibility index (Phi) is 5.66. The van der Waals surface area contributed by atoms with E-state index in [1.54, 1.807) is 32.0 Å². The minimum absolute atomic E-state index is 0.192. The number of thiophene rings is 1. The van der Waals surface area contributed by atoms with E-state index in [4.69, 9.17) is 4.74 Å². The van der Waals surface area contributed by atoms with Crippen LogP contribution < -0.4 is 11.1 Å². The van der Waals surface area contributed by atoms with E-state index in [1.807, 2.05) is 18.0 Å². The highest BCUT2D eigenvalue weighted by atomic mass is 32.1. The van der Waals surface area contributed by atoms with E-state index in [2.05, 4.69) is 19.9 Å². The number of esters is 1. The van der Waals surface area contributed by atoms with Crippen molar-refractivity contribution in [3.8, 4) is 0 Å². The van der Waals surface area contributed by atoms with E-state index in [9.17, 15) is 14.4 Å². The molecule has 0 unspecified atom stereocenters. The molecule has 0 fully saturated rings.